The summed E-state index contributed by atoms with van der Waals surface area (Å²) in [4.78, 5) is 15.1. The van der Waals surface area contributed by atoms with E-state index in [0.29, 0.717) is 13.0 Å². The number of hydrogen-bond acceptors (Lipinski definition) is 4. The SMILES string of the molecule is CC(Cc1ccc(F)cc1)C(=O)NCC(c1ccc2c(c1)OCO2)N1CCCC1. The van der Waals surface area contributed by atoms with E-state index in [-0.39, 0.29) is 30.5 Å². The maximum absolute atomic E-state index is 13.1. The zero-order chi connectivity index (χ0) is 20.2. The molecule has 1 N–H and O–H groups in total. The molecular formula is C23H27FN2O3. The summed E-state index contributed by atoms with van der Waals surface area (Å²) in [6, 6.07) is 12.5. The Morgan fingerprint density at radius 2 is 1.83 bits per heavy atom. The first-order chi connectivity index (χ1) is 14.1. The van der Waals surface area contributed by atoms with Crippen molar-refractivity contribution in [2.24, 2.45) is 5.92 Å². The monoisotopic (exact) mass is 398 g/mol. The largest absolute Gasteiger partial charge is 0.454 e. The van der Waals surface area contributed by atoms with Crippen LogP contribution in [0.25, 0.3) is 0 Å². The number of nitrogens with zero attached hydrogens (tertiary/aromatic N) is 1. The molecule has 2 heterocycles. The highest BCUT2D eigenvalue weighted by Crippen LogP contribution is 2.36. The maximum atomic E-state index is 13.1. The number of fused-ring (bicyclic) bond motifs is 1. The van der Waals surface area contributed by atoms with Crippen LogP contribution in [0.1, 0.15) is 36.9 Å². The molecule has 29 heavy (non-hydrogen) atoms. The lowest BCUT2D eigenvalue weighted by Gasteiger charge is -2.29. The van der Waals surface area contributed by atoms with Crippen LogP contribution in [0.3, 0.4) is 0 Å². The van der Waals surface area contributed by atoms with Crippen molar-refractivity contribution in [2.45, 2.75) is 32.2 Å². The van der Waals surface area contributed by atoms with Gasteiger partial charge in [0.1, 0.15) is 5.82 Å². The van der Waals surface area contributed by atoms with Gasteiger partial charge in [-0.2, -0.15) is 0 Å². The lowest BCUT2D eigenvalue weighted by Crippen LogP contribution is -2.39. The van der Waals surface area contributed by atoms with Crippen LogP contribution in [-0.2, 0) is 11.2 Å². The van der Waals surface area contributed by atoms with Gasteiger partial charge in [0.15, 0.2) is 11.5 Å². The molecule has 2 aromatic rings. The zero-order valence-corrected chi connectivity index (χ0v) is 16.7. The van der Waals surface area contributed by atoms with Gasteiger partial charge in [0.25, 0.3) is 0 Å². The molecule has 0 spiro atoms. The van der Waals surface area contributed by atoms with Crippen molar-refractivity contribution >= 4 is 5.91 Å². The Bertz CT molecular complexity index is 850. The Morgan fingerprint density at radius 3 is 2.59 bits per heavy atom. The standard InChI is InChI=1S/C23H27FN2O3/c1-16(12-17-4-7-19(24)8-5-17)23(27)25-14-20(26-10-2-3-11-26)18-6-9-21-22(13-18)29-15-28-21/h4-9,13,16,20H,2-3,10-12,14-15H2,1H3,(H,25,27). The van der Waals surface area contributed by atoms with Crippen LogP contribution in [-0.4, -0.2) is 37.2 Å². The summed E-state index contributed by atoms with van der Waals surface area (Å²) in [5, 5.41) is 3.13. The summed E-state index contributed by atoms with van der Waals surface area (Å²) in [6.45, 7) is 4.77. The molecule has 2 aliphatic rings. The fourth-order valence-corrected chi connectivity index (χ4v) is 4.07. The van der Waals surface area contributed by atoms with Gasteiger partial charge in [-0.3, -0.25) is 9.69 Å². The zero-order valence-electron chi connectivity index (χ0n) is 16.7. The molecule has 1 fully saturated rings. The molecule has 0 saturated carbocycles. The number of amides is 1. The number of halogens is 1. The maximum Gasteiger partial charge on any atom is 0.231 e. The van der Waals surface area contributed by atoms with Crippen LogP contribution in [0.5, 0.6) is 11.5 Å². The highest BCUT2D eigenvalue weighted by atomic mass is 19.1. The van der Waals surface area contributed by atoms with Crippen LogP contribution < -0.4 is 14.8 Å². The van der Waals surface area contributed by atoms with Crippen LogP contribution in [0, 0.1) is 11.7 Å². The summed E-state index contributed by atoms with van der Waals surface area (Å²) in [7, 11) is 0. The van der Waals surface area contributed by atoms with E-state index in [4.69, 9.17) is 9.47 Å². The Morgan fingerprint density at radius 1 is 1.10 bits per heavy atom. The van der Waals surface area contributed by atoms with Gasteiger partial charge in [0.2, 0.25) is 12.7 Å². The lowest BCUT2D eigenvalue weighted by atomic mass is 9.99. The van der Waals surface area contributed by atoms with Crippen LogP contribution >= 0.6 is 0 Å². The van der Waals surface area contributed by atoms with Crippen molar-refractivity contribution in [1.82, 2.24) is 10.2 Å². The Balaban J connectivity index is 1.41. The number of nitrogens with one attached hydrogen (secondary N) is 1. The fraction of sp³-hybridized carbons (Fsp3) is 0.435. The Hall–Kier alpha value is -2.60. The van der Waals surface area contributed by atoms with Gasteiger partial charge in [-0.1, -0.05) is 25.1 Å². The van der Waals surface area contributed by atoms with E-state index in [1.54, 1.807) is 12.1 Å². The second kappa shape index (κ2) is 8.82. The highest BCUT2D eigenvalue weighted by molar-refractivity contribution is 5.78. The van der Waals surface area contributed by atoms with Gasteiger partial charge in [-0.15, -0.1) is 0 Å². The molecule has 2 aliphatic heterocycles. The molecule has 2 atom stereocenters. The predicted molar refractivity (Wildman–Crippen MR) is 108 cm³/mol. The van der Waals surface area contributed by atoms with E-state index in [1.165, 1.54) is 25.0 Å². The minimum atomic E-state index is -0.261. The molecule has 0 bridgehead atoms. The van der Waals surface area contributed by atoms with Gasteiger partial charge in [0.05, 0.1) is 6.04 Å². The third-order valence-electron chi connectivity index (χ3n) is 5.74. The molecule has 0 radical (unpaired) electrons. The van der Waals surface area contributed by atoms with Gasteiger partial charge in [-0.05, 0) is 67.7 Å². The van der Waals surface area contributed by atoms with Gasteiger partial charge >= 0.3 is 0 Å². The molecule has 2 aromatic carbocycles. The van der Waals surface area contributed by atoms with E-state index < -0.39 is 0 Å². The quantitative estimate of drug-likeness (QED) is 0.773. The molecule has 0 aromatic heterocycles. The predicted octanol–water partition coefficient (Wildman–Crippen LogP) is 3.69. The Kier molecular flexibility index (Phi) is 6.00. The fourth-order valence-electron chi connectivity index (χ4n) is 4.07. The Labute approximate surface area is 170 Å². The van der Waals surface area contributed by atoms with E-state index in [0.717, 1.165) is 35.7 Å². The third kappa shape index (κ3) is 4.70. The molecule has 6 heteroatoms. The third-order valence-corrected chi connectivity index (χ3v) is 5.74. The van der Waals surface area contributed by atoms with E-state index in [2.05, 4.69) is 16.3 Å². The van der Waals surface area contributed by atoms with Crippen molar-refractivity contribution in [3.05, 3.63) is 59.4 Å². The first-order valence-corrected chi connectivity index (χ1v) is 10.3. The average molecular weight is 398 g/mol. The molecule has 1 saturated heterocycles. The minimum Gasteiger partial charge on any atom is -0.454 e. The first-order valence-electron chi connectivity index (χ1n) is 10.3. The number of hydrogen-bond donors (Lipinski definition) is 1. The van der Waals surface area contributed by atoms with Crippen molar-refractivity contribution in [2.75, 3.05) is 26.4 Å². The number of ether oxygens (including phenoxy) is 2. The van der Waals surface area contributed by atoms with Crippen molar-refractivity contribution in [3.8, 4) is 11.5 Å². The summed E-state index contributed by atoms with van der Waals surface area (Å²) >= 11 is 0. The molecule has 5 nitrogen and oxygen atoms in total. The van der Waals surface area contributed by atoms with Gasteiger partial charge < -0.3 is 14.8 Å². The normalized spacial score (nSPS) is 17.9. The van der Waals surface area contributed by atoms with Crippen molar-refractivity contribution in [3.63, 3.8) is 0 Å². The lowest BCUT2D eigenvalue weighted by molar-refractivity contribution is -0.124. The number of likely N-dealkylation sites (tertiary alicyclic amines) is 1. The van der Waals surface area contributed by atoms with Gasteiger partial charge in [-0.25, -0.2) is 4.39 Å². The van der Waals surface area contributed by atoms with Gasteiger partial charge in [0, 0.05) is 12.5 Å². The second-order valence-corrected chi connectivity index (χ2v) is 7.85. The molecular weight excluding hydrogens is 371 g/mol. The average Bonchev–Trinajstić information content (AvgIpc) is 3.41. The first kappa shape index (κ1) is 19.7. The van der Waals surface area contributed by atoms with Crippen molar-refractivity contribution < 1.29 is 18.7 Å². The van der Waals surface area contributed by atoms with Crippen LogP contribution in [0.2, 0.25) is 0 Å². The topological polar surface area (TPSA) is 50.8 Å². The molecule has 2 unspecified atom stereocenters. The molecule has 154 valence electrons. The number of benzene rings is 2. The smallest absolute Gasteiger partial charge is 0.231 e. The second-order valence-electron chi connectivity index (χ2n) is 7.85. The minimum absolute atomic E-state index is 0.0132. The number of carbonyl (C=O) groups is 1. The summed E-state index contributed by atoms with van der Waals surface area (Å²) < 4.78 is 24.0. The number of carbonyl (C=O) groups excluding carboxylic acids is 1. The number of rotatable bonds is 7. The molecule has 0 aliphatic carbocycles. The summed E-state index contributed by atoms with van der Waals surface area (Å²) in [6.07, 6.45) is 2.94. The summed E-state index contributed by atoms with van der Waals surface area (Å²) in [5.41, 5.74) is 2.09. The van der Waals surface area contributed by atoms with E-state index in [9.17, 15) is 9.18 Å². The van der Waals surface area contributed by atoms with Crippen LogP contribution in [0.15, 0.2) is 42.5 Å². The van der Waals surface area contributed by atoms with E-state index >= 15 is 0 Å². The summed E-state index contributed by atoms with van der Waals surface area (Å²) in [5.74, 6) is 1.10. The van der Waals surface area contributed by atoms with Crippen molar-refractivity contribution in [1.29, 1.82) is 0 Å². The van der Waals surface area contributed by atoms with Crippen LogP contribution in [0.4, 0.5) is 4.39 Å². The highest BCUT2D eigenvalue weighted by Gasteiger charge is 2.26. The van der Waals surface area contributed by atoms with E-state index in [1.807, 2.05) is 19.1 Å². The molecule has 4 rings (SSSR count). The molecule has 1 amide bonds.